The Balaban J connectivity index is 2.52. The fourth-order valence-electron chi connectivity index (χ4n) is 2.03. The van der Waals surface area contributed by atoms with E-state index in [1.54, 1.807) is 30.3 Å². The Morgan fingerprint density at radius 2 is 1.82 bits per heavy atom. The standard InChI is InChI=1S/C16H13ClFNO3/c1-10(16(21)22)19(14-8-12(17)7-13(18)9-14)15(20)11-5-3-2-4-6-11/h2-10H,1H3,(H,21,22). The number of aliphatic carboxylic acids is 1. The lowest BCUT2D eigenvalue weighted by atomic mass is 10.1. The molecule has 0 saturated heterocycles. The van der Waals surface area contributed by atoms with E-state index in [-0.39, 0.29) is 10.7 Å². The van der Waals surface area contributed by atoms with Crippen LogP contribution in [0.25, 0.3) is 0 Å². The Kier molecular flexibility index (Phi) is 4.78. The van der Waals surface area contributed by atoms with Crippen molar-refractivity contribution in [3.8, 4) is 0 Å². The van der Waals surface area contributed by atoms with E-state index in [2.05, 4.69) is 0 Å². The number of nitrogens with zero attached hydrogens (tertiary/aromatic N) is 1. The summed E-state index contributed by atoms with van der Waals surface area (Å²) in [5.41, 5.74) is 0.393. The van der Waals surface area contributed by atoms with E-state index in [1.807, 2.05) is 0 Å². The minimum absolute atomic E-state index is 0.0819. The highest BCUT2D eigenvalue weighted by Gasteiger charge is 2.28. The van der Waals surface area contributed by atoms with Crippen LogP contribution < -0.4 is 4.90 Å². The molecule has 0 fully saturated rings. The summed E-state index contributed by atoms with van der Waals surface area (Å²) in [5.74, 6) is -2.40. The van der Waals surface area contributed by atoms with Crippen LogP contribution >= 0.6 is 11.6 Å². The second kappa shape index (κ2) is 6.58. The zero-order valence-electron chi connectivity index (χ0n) is 11.7. The third-order valence-corrected chi connectivity index (χ3v) is 3.33. The number of amides is 1. The summed E-state index contributed by atoms with van der Waals surface area (Å²) in [7, 11) is 0. The number of halogens is 2. The van der Waals surface area contributed by atoms with Gasteiger partial charge in [0.1, 0.15) is 11.9 Å². The fourth-order valence-corrected chi connectivity index (χ4v) is 2.24. The van der Waals surface area contributed by atoms with Gasteiger partial charge >= 0.3 is 5.97 Å². The predicted molar refractivity (Wildman–Crippen MR) is 81.8 cm³/mol. The summed E-state index contributed by atoms with van der Waals surface area (Å²) in [4.78, 5) is 24.9. The van der Waals surface area contributed by atoms with E-state index in [0.29, 0.717) is 5.56 Å². The molecule has 0 bridgehead atoms. The van der Waals surface area contributed by atoms with E-state index in [4.69, 9.17) is 11.6 Å². The molecule has 0 saturated carbocycles. The lowest BCUT2D eigenvalue weighted by Gasteiger charge is -2.27. The molecule has 4 nitrogen and oxygen atoms in total. The van der Waals surface area contributed by atoms with E-state index in [9.17, 15) is 19.1 Å². The molecule has 22 heavy (non-hydrogen) atoms. The number of hydrogen-bond donors (Lipinski definition) is 1. The van der Waals surface area contributed by atoms with Crippen molar-refractivity contribution in [1.29, 1.82) is 0 Å². The minimum atomic E-state index is -1.20. The molecule has 2 rings (SSSR count). The lowest BCUT2D eigenvalue weighted by Crippen LogP contribution is -2.43. The highest BCUT2D eigenvalue weighted by Crippen LogP contribution is 2.25. The number of anilines is 1. The van der Waals surface area contributed by atoms with Gasteiger partial charge in [-0.1, -0.05) is 29.8 Å². The fraction of sp³-hybridized carbons (Fsp3) is 0.125. The van der Waals surface area contributed by atoms with Crippen LogP contribution in [0.1, 0.15) is 17.3 Å². The van der Waals surface area contributed by atoms with Crippen molar-refractivity contribution in [3.05, 3.63) is 64.9 Å². The molecule has 1 unspecified atom stereocenters. The van der Waals surface area contributed by atoms with Gasteiger partial charge in [0.25, 0.3) is 5.91 Å². The molecule has 1 atom stereocenters. The molecule has 0 aliphatic heterocycles. The molecule has 0 spiro atoms. The van der Waals surface area contributed by atoms with Gasteiger partial charge in [0.15, 0.2) is 0 Å². The van der Waals surface area contributed by atoms with Crippen LogP contribution in [0.4, 0.5) is 10.1 Å². The minimum Gasteiger partial charge on any atom is -0.480 e. The number of carbonyl (C=O) groups excluding carboxylic acids is 1. The normalized spacial score (nSPS) is 11.8. The van der Waals surface area contributed by atoms with Gasteiger partial charge in [-0.05, 0) is 37.3 Å². The first kappa shape index (κ1) is 16.0. The van der Waals surface area contributed by atoms with Crippen LogP contribution in [0.15, 0.2) is 48.5 Å². The molecule has 0 radical (unpaired) electrons. The van der Waals surface area contributed by atoms with Crippen molar-refractivity contribution in [3.63, 3.8) is 0 Å². The largest absolute Gasteiger partial charge is 0.480 e. The Morgan fingerprint density at radius 3 is 2.36 bits per heavy atom. The average molecular weight is 322 g/mol. The van der Waals surface area contributed by atoms with Crippen LogP contribution in [0.2, 0.25) is 5.02 Å². The van der Waals surface area contributed by atoms with E-state index >= 15 is 0 Å². The average Bonchev–Trinajstić information content (AvgIpc) is 2.47. The summed E-state index contributed by atoms with van der Waals surface area (Å²) in [5, 5.41) is 9.31. The highest BCUT2D eigenvalue weighted by atomic mass is 35.5. The van der Waals surface area contributed by atoms with Crippen molar-refractivity contribution in [2.45, 2.75) is 13.0 Å². The van der Waals surface area contributed by atoms with Gasteiger partial charge in [0.05, 0.1) is 0 Å². The number of carbonyl (C=O) groups is 2. The van der Waals surface area contributed by atoms with Gasteiger partial charge in [-0.3, -0.25) is 9.69 Å². The first-order valence-corrected chi connectivity index (χ1v) is 6.85. The topological polar surface area (TPSA) is 57.6 Å². The third-order valence-electron chi connectivity index (χ3n) is 3.11. The number of hydrogen-bond acceptors (Lipinski definition) is 2. The Labute approximate surface area is 131 Å². The summed E-state index contributed by atoms with van der Waals surface area (Å²) >= 11 is 5.80. The van der Waals surface area contributed by atoms with E-state index < -0.39 is 23.7 Å². The molecule has 0 aromatic heterocycles. The zero-order valence-corrected chi connectivity index (χ0v) is 12.4. The summed E-state index contributed by atoms with van der Waals surface area (Å²) in [6.45, 7) is 1.35. The summed E-state index contributed by atoms with van der Waals surface area (Å²) in [6.07, 6.45) is 0. The Morgan fingerprint density at radius 1 is 1.18 bits per heavy atom. The molecule has 6 heteroatoms. The van der Waals surface area contributed by atoms with Crippen LogP contribution in [-0.4, -0.2) is 23.0 Å². The molecular weight excluding hydrogens is 309 g/mol. The van der Waals surface area contributed by atoms with E-state index in [0.717, 1.165) is 17.0 Å². The number of benzene rings is 2. The maximum absolute atomic E-state index is 13.5. The van der Waals surface area contributed by atoms with Crippen LogP contribution in [0.3, 0.4) is 0 Å². The molecule has 0 heterocycles. The molecule has 2 aromatic carbocycles. The van der Waals surface area contributed by atoms with Crippen LogP contribution in [-0.2, 0) is 4.79 Å². The molecule has 0 aliphatic rings. The van der Waals surface area contributed by atoms with Gasteiger partial charge in [-0.15, -0.1) is 0 Å². The number of rotatable bonds is 4. The molecule has 2 aromatic rings. The predicted octanol–water partition coefficient (Wildman–Crippen LogP) is 3.60. The molecular formula is C16H13ClFNO3. The Bertz CT molecular complexity index is 686. The molecule has 114 valence electrons. The first-order chi connectivity index (χ1) is 10.4. The quantitative estimate of drug-likeness (QED) is 0.936. The molecule has 1 amide bonds. The van der Waals surface area contributed by atoms with Crippen LogP contribution in [0.5, 0.6) is 0 Å². The Hall–Kier alpha value is -2.40. The van der Waals surface area contributed by atoms with Crippen LogP contribution in [0, 0.1) is 5.82 Å². The third kappa shape index (κ3) is 3.43. The van der Waals surface area contributed by atoms with Crippen molar-refractivity contribution >= 4 is 29.2 Å². The van der Waals surface area contributed by atoms with Gasteiger partial charge < -0.3 is 5.11 Å². The van der Waals surface area contributed by atoms with Gasteiger partial charge in [0, 0.05) is 16.3 Å². The smallest absolute Gasteiger partial charge is 0.326 e. The van der Waals surface area contributed by atoms with Crippen molar-refractivity contribution in [2.75, 3.05) is 4.90 Å². The van der Waals surface area contributed by atoms with E-state index in [1.165, 1.54) is 13.0 Å². The molecule has 0 aliphatic carbocycles. The maximum Gasteiger partial charge on any atom is 0.326 e. The SMILES string of the molecule is CC(C(=O)O)N(C(=O)c1ccccc1)c1cc(F)cc(Cl)c1. The zero-order chi connectivity index (χ0) is 16.3. The lowest BCUT2D eigenvalue weighted by molar-refractivity contribution is -0.138. The second-order valence-electron chi connectivity index (χ2n) is 4.68. The van der Waals surface area contributed by atoms with Crippen molar-refractivity contribution in [2.24, 2.45) is 0 Å². The number of carboxylic acids is 1. The van der Waals surface area contributed by atoms with Gasteiger partial charge in [0.2, 0.25) is 0 Å². The van der Waals surface area contributed by atoms with Gasteiger partial charge in [-0.2, -0.15) is 0 Å². The summed E-state index contributed by atoms with van der Waals surface area (Å²) in [6, 6.07) is 10.5. The maximum atomic E-state index is 13.5. The van der Waals surface area contributed by atoms with Crippen molar-refractivity contribution in [1.82, 2.24) is 0 Å². The van der Waals surface area contributed by atoms with Crippen molar-refractivity contribution < 1.29 is 19.1 Å². The summed E-state index contributed by atoms with van der Waals surface area (Å²) < 4.78 is 13.5. The number of carboxylic acid groups (broad SMARTS) is 1. The second-order valence-corrected chi connectivity index (χ2v) is 5.12. The molecule has 1 N–H and O–H groups in total. The van der Waals surface area contributed by atoms with Gasteiger partial charge in [-0.25, -0.2) is 9.18 Å². The highest BCUT2D eigenvalue weighted by molar-refractivity contribution is 6.31. The first-order valence-electron chi connectivity index (χ1n) is 6.47. The monoisotopic (exact) mass is 321 g/mol.